The molecule has 1 aromatic heterocycles. The van der Waals surface area contributed by atoms with Crippen molar-refractivity contribution < 1.29 is 9.59 Å². The van der Waals surface area contributed by atoms with Crippen molar-refractivity contribution in [2.45, 2.75) is 63.2 Å². The Kier molecular flexibility index (Phi) is 4.69. The fourth-order valence-electron chi connectivity index (χ4n) is 5.93. The summed E-state index contributed by atoms with van der Waals surface area (Å²) < 4.78 is 1.95. The zero-order valence-corrected chi connectivity index (χ0v) is 17.2. The molecule has 1 atom stereocenters. The number of aryl methyl sites for hydroxylation is 1. The molecule has 29 heavy (non-hydrogen) atoms. The van der Waals surface area contributed by atoms with Crippen LogP contribution >= 0.6 is 0 Å². The van der Waals surface area contributed by atoms with Crippen molar-refractivity contribution in [2.24, 2.45) is 12.5 Å². The van der Waals surface area contributed by atoms with Crippen LogP contribution in [0.4, 0.5) is 0 Å². The van der Waals surface area contributed by atoms with Gasteiger partial charge in [0.25, 0.3) is 0 Å². The number of fused-ring (bicyclic) bond motifs is 1. The van der Waals surface area contributed by atoms with Gasteiger partial charge in [-0.3, -0.25) is 19.6 Å². The quantitative estimate of drug-likeness (QED) is 0.768. The highest BCUT2D eigenvalue weighted by atomic mass is 16.2. The van der Waals surface area contributed by atoms with Crippen LogP contribution in [0.1, 0.15) is 74.5 Å². The maximum absolute atomic E-state index is 12.4. The lowest BCUT2D eigenvalue weighted by Crippen LogP contribution is -2.42. The van der Waals surface area contributed by atoms with Gasteiger partial charge in [0.05, 0.1) is 17.1 Å². The predicted molar refractivity (Wildman–Crippen MR) is 112 cm³/mol. The fourth-order valence-corrected chi connectivity index (χ4v) is 5.93. The van der Waals surface area contributed by atoms with Crippen molar-refractivity contribution in [3.05, 3.63) is 29.5 Å². The highest BCUT2D eigenvalue weighted by molar-refractivity contribution is 6.02. The van der Waals surface area contributed by atoms with E-state index in [1.165, 1.54) is 57.2 Å². The first-order valence-corrected chi connectivity index (χ1v) is 11.1. The summed E-state index contributed by atoms with van der Waals surface area (Å²) in [5.74, 6) is -0.178. The van der Waals surface area contributed by atoms with Crippen molar-refractivity contribution in [3.63, 3.8) is 0 Å². The number of aromatic nitrogens is 2. The van der Waals surface area contributed by atoms with Gasteiger partial charge < -0.3 is 5.32 Å². The van der Waals surface area contributed by atoms with Gasteiger partial charge in [-0.05, 0) is 68.4 Å². The summed E-state index contributed by atoms with van der Waals surface area (Å²) in [7, 11) is 1.98. The Morgan fingerprint density at radius 1 is 1.14 bits per heavy atom. The number of piperidine rings is 2. The van der Waals surface area contributed by atoms with Crippen molar-refractivity contribution in [3.8, 4) is 0 Å². The van der Waals surface area contributed by atoms with E-state index < -0.39 is 0 Å². The van der Waals surface area contributed by atoms with E-state index in [1.807, 2.05) is 11.7 Å². The average molecular weight is 395 g/mol. The van der Waals surface area contributed by atoms with E-state index >= 15 is 0 Å². The Bertz CT molecular complexity index is 947. The van der Waals surface area contributed by atoms with Crippen molar-refractivity contribution in [2.75, 3.05) is 13.1 Å². The van der Waals surface area contributed by atoms with Crippen LogP contribution in [0, 0.1) is 5.41 Å². The molecule has 3 heterocycles. The molecular formula is C23H30N4O2. The van der Waals surface area contributed by atoms with E-state index in [0.29, 0.717) is 24.2 Å². The second kappa shape index (κ2) is 7.24. The van der Waals surface area contributed by atoms with E-state index in [2.05, 4.69) is 28.8 Å². The number of rotatable bonds is 2. The molecule has 0 radical (unpaired) electrons. The summed E-state index contributed by atoms with van der Waals surface area (Å²) in [6, 6.07) is 6.45. The first kappa shape index (κ1) is 18.8. The topological polar surface area (TPSA) is 76.0 Å². The predicted octanol–water partition coefficient (Wildman–Crippen LogP) is 3.12. The Labute approximate surface area is 171 Å². The fraction of sp³-hybridized carbons (Fsp3) is 0.609. The maximum Gasteiger partial charge on any atom is 0.235 e. The summed E-state index contributed by atoms with van der Waals surface area (Å²) in [6.07, 6.45) is 8.61. The Balaban J connectivity index is 1.45. The number of hydrogen-bond acceptors (Lipinski definition) is 4. The number of para-hydroxylation sites is 1. The zero-order valence-electron chi connectivity index (χ0n) is 17.2. The van der Waals surface area contributed by atoms with Crippen LogP contribution in [-0.2, 0) is 16.6 Å². The number of carbonyl (C=O) groups is 2. The number of benzene rings is 1. The van der Waals surface area contributed by atoms with Crippen molar-refractivity contribution in [1.29, 1.82) is 0 Å². The van der Waals surface area contributed by atoms with Gasteiger partial charge in [-0.25, -0.2) is 0 Å². The van der Waals surface area contributed by atoms with Crippen LogP contribution in [-0.4, -0.2) is 34.7 Å². The minimum atomic E-state index is -0.338. The van der Waals surface area contributed by atoms with Crippen LogP contribution < -0.4 is 10.6 Å². The molecule has 2 aliphatic heterocycles. The number of nitrogens with one attached hydrogen (secondary N) is 2. The van der Waals surface area contributed by atoms with Gasteiger partial charge in [-0.15, -0.1) is 0 Å². The van der Waals surface area contributed by atoms with Crippen molar-refractivity contribution >= 4 is 22.7 Å². The lowest BCUT2D eigenvalue weighted by Gasteiger charge is -2.43. The van der Waals surface area contributed by atoms with E-state index in [0.717, 1.165) is 16.6 Å². The molecule has 154 valence electrons. The number of carbonyl (C=O) groups excluding carboxylic acids is 2. The molecule has 3 aliphatic rings. The molecule has 0 bridgehead atoms. The molecular weight excluding hydrogens is 364 g/mol. The van der Waals surface area contributed by atoms with Gasteiger partial charge in [-0.1, -0.05) is 18.2 Å². The second-order valence-corrected chi connectivity index (χ2v) is 9.31. The third-order valence-electron chi connectivity index (χ3n) is 7.54. The van der Waals surface area contributed by atoms with Gasteiger partial charge in [0, 0.05) is 25.4 Å². The lowest BCUT2D eigenvalue weighted by molar-refractivity contribution is -0.134. The minimum Gasteiger partial charge on any atom is -0.316 e. The lowest BCUT2D eigenvalue weighted by atomic mass is 9.65. The van der Waals surface area contributed by atoms with Crippen molar-refractivity contribution in [1.82, 2.24) is 20.4 Å². The molecule has 1 saturated carbocycles. The molecule has 1 spiro atoms. The molecule has 2 saturated heterocycles. The van der Waals surface area contributed by atoms with Crippen LogP contribution in [0.5, 0.6) is 0 Å². The van der Waals surface area contributed by atoms with Gasteiger partial charge >= 0.3 is 0 Å². The van der Waals surface area contributed by atoms with Crippen LogP contribution in [0.2, 0.25) is 0 Å². The monoisotopic (exact) mass is 394 g/mol. The van der Waals surface area contributed by atoms with Crippen LogP contribution in [0.25, 0.3) is 10.9 Å². The van der Waals surface area contributed by atoms with E-state index in [4.69, 9.17) is 5.10 Å². The number of amides is 2. The molecule has 1 aliphatic carbocycles. The highest BCUT2D eigenvalue weighted by Crippen LogP contribution is 2.47. The van der Waals surface area contributed by atoms with Gasteiger partial charge in [0.2, 0.25) is 11.8 Å². The van der Waals surface area contributed by atoms with E-state index in [9.17, 15) is 9.59 Å². The first-order chi connectivity index (χ1) is 14.1. The Morgan fingerprint density at radius 2 is 1.97 bits per heavy atom. The third-order valence-corrected chi connectivity index (χ3v) is 7.54. The summed E-state index contributed by atoms with van der Waals surface area (Å²) in [4.78, 5) is 24.0. The summed E-state index contributed by atoms with van der Waals surface area (Å²) in [5.41, 5.74) is 3.86. The smallest absolute Gasteiger partial charge is 0.235 e. The second-order valence-electron chi connectivity index (χ2n) is 9.31. The minimum absolute atomic E-state index is 0.180. The number of nitrogens with zero attached hydrogens (tertiary/aromatic N) is 2. The number of hydrogen-bond donors (Lipinski definition) is 2. The van der Waals surface area contributed by atoms with Gasteiger partial charge in [0.15, 0.2) is 0 Å². The standard InChI is InChI=1S/C23H30N4O2/c1-27-21-16(15-8-11-23(12-9-15)10-3-13-24-14-23)4-2-5-17(21)20(26-27)18-6-7-19(28)25-22(18)29/h2,4-5,15,18,24H,3,6-14H2,1H3,(H,25,28,29). The summed E-state index contributed by atoms with van der Waals surface area (Å²) >= 11 is 0. The molecule has 1 unspecified atom stereocenters. The summed E-state index contributed by atoms with van der Waals surface area (Å²) in [5, 5.41) is 11.9. The maximum atomic E-state index is 12.4. The summed E-state index contributed by atoms with van der Waals surface area (Å²) in [6.45, 7) is 2.35. The SMILES string of the molecule is Cn1nc(C2CCC(=O)NC2=O)c2cccc(C3CCC4(CCCNC4)CC3)c21. The Morgan fingerprint density at radius 3 is 2.69 bits per heavy atom. The largest absolute Gasteiger partial charge is 0.316 e. The molecule has 6 heteroatoms. The average Bonchev–Trinajstić information content (AvgIpc) is 3.06. The molecule has 6 nitrogen and oxygen atoms in total. The molecule has 2 N–H and O–H groups in total. The van der Waals surface area contributed by atoms with Crippen LogP contribution in [0.3, 0.4) is 0 Å². The molecule has 2 aromatic rings. The van der Waals surface area contributed by atoms with E-state index in [-0.39, 0.29) is 17.7 Å². The third kappa shape index (κ3) is 3.27. The van der Waals surface area contributed by atoms with Gasteiger partial charge in [0.1, 0.15) is 0 Å². The molecule has 1 aromatic carbocycles. The molecule has 5 rings (SSSR count). The molecule has 3 fully saturated rings. The van der Waals surface area contributed by atoms with E-state index in [1.54, 1.807) is 0 Å². The normalized spacial score (nSPS) is 30.7. The Hall–Kier alpha value is -2.21. The highest BCUT2D eigenvalue weighted by Gasteiger charge is 2.38. The van der Waals surface area contributed by atoms with Gasteiger partial charge in [-0.2, -0.15) is 5.10 Å². The zero-order chi connectivity index (χ0) is 20.0. The molecule has 2 amide bonds. The first-order valence-electron chi connectivity index (χ1n) is 11.1. The number of imide groups is 1. The van der Waals surface area contributed by atoms with Crippen LogP contribution in [0.15, 0.2) is 18.2 Å².